The third-order valence-corrected chi connectivity index (χ3v) is 4.94. The van der Waals surface area contributed by atoms with Crippen LogP contribution in [0.2, 0.25) is 10.0 Å². The molecule has 0 amide bonds. The van der Waals surface area contributed by atoms with Crippen molar-refractivity contribution in [1.82, 2.24) is 10.5 Å². The number of Topliss-reactive ketones (excluding diaryl/α,β-unsaturated/α-hetero) is 1. The summed E-state index contributed by atoms with van der Waals surface area (Å²) in [6, 6.07) is 15.3. The van der Waals surface area contributed by atoms with Gasteiger partial charge in [0.05, 0.1) is 0 Å². The van der Waals surface area contributed by atoms with E-state index in [0.29, 0.717) is 23.0 Å². The Bertz CT molecular complexity index is 953. The lowest BCUT2D eigenvalue weighted by molar-refractivity contribution is 0.0984. The van der Waals surface area contributed by atoms with Gasteiger partial charge in [-0.3, -0.25) is 4.79 Å². The molecule has 1 atom stereocenters. The number of nitrogens with zero attached hydrogens (tertiary/aromatic N) is 1. The molecule has 3 aromatic rings. The number of ketones is 1. The van der Waals surface area contributed by atoms with E-state index < -0.39 is 0 Å². The third-order valence-electron chi connectivity index (χ3n) is 4.34. The van der Waals surface area contributed by atoms with Gasteiger partial charge in [0.25, 0.3) is 0 Å². The first-order valence-electron chi connectivity index (χ1n) is 8.65. The molecule has 1 heterocycles. The number of benzene rings is 2. The molecule has 0 spiro atoms. The summed E-state index contributed by atoms with van der Waals surface area (Å²) in [4.78, 5) is 12.4. The monoisotopic (exact) mass is 402 g/mol. The molecule has 0 saturated carbocycles. The van der Waals surface area contributed by atoms with E-state index in [1.165, 1.54) is 0 Å². The van der Waals surface area contributed by atoms with Crippen molar-refractivity contribution in [3.8, 4) is 0 Å². The molecular weight excluding hydrogens is 383 g/mol. The average Bonchev–Trinajstić information content (AvgIpc) is 3.08. The number of carbonyl (C=O) groups excluding carboxylic acids is 1. The summed E-state index contributed by atoms with van der Waals surface area (Å²) in [5.41, 5.74) is 3.26. The van der Waals surface area contributed by atoms with Crippen LogP contribution in [0.1, 0.15) is 45.9 Å². The predicted octanol–water partition coefficient (Wildman–Crippen LogP) is 5.57. The second-order valence-corrected chi connectivity index (χ2v) is 7.35. The summed E-state index contributed by atoms with van der Waals surface area (Å²) in [5.74, 6) is 0.489. The third kappa shape index (κ3) is 5.19. The average molecular weight is 403 g/mol. The van der Waals surface area contributed by atoms with E-state index in [2.05, 4.69) is 17.4 Å². The number of halogens is 2. The van der Waals surface area contributed by atoms with Gasteiger partial charge in [-0.15, -0.1) is 0 Å². The Labute approximate surface area is 168 Å². The molecular formula is C21H20Cl2N2O2. The highest BCUT2D eigenvalue weighted by Gasteiger charge is 2.14. The van der Waals surface area contributed by atoms with Gasteiger partial charge in [0.15, 0.2) is 5.78 Å². The highest BCUT2D eigenvalue weighted by molar-refractivity contribution is 6.31. The van der Waals surface area contributed by atoms with Gasteiger partial charge >= 0.3 is 0 Å². The van der Waals surface area contributed by atoms with Crippen molar-refractivity contribution in [2.24, 2.45) is 0 Å². The van der Waals surface area contributed by atoms with E-state index in [4.69, 9.17) is 27.7 Å². The maximum absolute atomic E-state index is 12.4. The van der Waals surface area contributed by atoms with Crippen LogP contribution in [0.5, 0.6) is 0 Å². The molecule has 3 rings (SSSR count). The maximum atomic E-state index is 12.4. The summed E-state index contributed by atoms with van der Waals surface area (Å²) in [5, 5.41) is 8.52. The highest BCUT2D eigenvalue weighted by Crippen LogP contribution is 2.21. The van der Waals surface area contributed by atoms with Crippen LogP contribution >= 0.6 is 23.2 Å². The topological polar surface area (TPSA) is 55.1 Å². The molecule has 140 valence electrons. The standard InChI is InChI=1S/C21H20Cl2N2O2/c1-13-8-20(25-27-13)21(26)11-17-9-15(6-7-19(17)23)12-24-14(2)16-4-3-5-18(22)10-16/h3-10,14,24H,11-12H2,1-2H3. The summed E-state index contributed by atoms with van der Waals surface area (Å²) in [6.45, 7) is 4.48. The van der Waals surface area contributed by atoms with Crippen molar-refractivity contribution in [3.63, 3.8) is 0 Å². The molecule has 1 unspecified atom stereocenters. The van der Waals surface area contributed by atoms with Gasteiger partial charge in [-0.05, 0) is 48.7 Å². The molecule has 0 fully saturated rings. The van der Waals surface area contributed by atoms with Gasteiger partial charge in [0, 0.05) is 35.1 Å². The Morgan fingerprint density at radius 3 is 2.70 bits per heavy atom. The molecule has 4 nitrogen and oxygen atoms in total. The lowest BCUT2D eigenvalue weighted by atomic mass is 10.0. The fourth-order valence-corrected chi connectivity index (χ4v) is 3.18. The van der Waals surface area contributed by atoms with Crippen molar-refractivity contribution in [3.05, 3.63) is 86.7 Å². The second-order valence-electron chi connectivity index (χ2n) is 6.51. The summed E-state index contributed by atoms with van der Waals surface area (Å²) < 4.78 is 4.97. The molecule has 27 heavy (non-hydrogen) atoms. The van der Waals surface area contributed by atoms with Crippen LogP contribution in [0.4, 0.5) is 0 Å². The number of rotatable bonds is 7. The van der Waals surface area contributed by atoms with E-state index in [1.54, 1.807) is 13.0 Å². The first-order chi connectivity index (χ1) is 12.9. The van der Waals surface area contributed by atoms with Crippen molar-refractivity contribution < 1.29 is 9.32 Å². The Morgan fingerprint density at radius 1 is 1.19 bits per heavy atom. The highest BCUT2D eigenvalue weighted by atomic mass is 35.5. The zero-order valence-corrected chi connectivity index (χ0v) is 16.6. The van der Waals surface area contributed by atoms with Crippen molar-refractivity contribution in [2.45, 2.75) is 32.9 Å². The van der Waals surface area contributed by atoms with E-state index in [-0.39, 0.29) is 18.2 Å². The molecule has 1 N–H and O–H groups in total. The number of aromatic nitrogens is 1. The molecule has 0 aliphatic carbocycles. The Balaban J connectivity index is 1.67. The summed E-state index contributed by atoms with van der Waals surface area (Å²) >= 11 is 12.3. The van der Waals surface area contributed by atoms with Gasteiger partial charge in [-0.1, -0.05) is 52.6 Å². The molecule has 0 bridgehead atoms. The Hall–Kier alpha value is -2.14. The van der Waals surface area contributed by atoms with E-state index in [1.807, 2.05) is 42.5 Å². The molecule has 2 aromatic carbocycles. The normalized spacial score (nSPS) is 12.1. The fourth-order valence-electron chi connectivity index (χ4n) is 2.80. The quantitative estimate of drug-likeness (QED) is 0.525. The van der Waals surface area contributed by atoms with Crippen LogP contribution in [0.15, 0.2) is 53.1 Å². The minimum absolute atomic E-state index is 0.119. The van der Waals surface area contributed by atoms with Crippen molar-refractivity contribution in [2.75, 3.05) is 0 Å². The molecule has 0 radical (unpaired) electrons. The van der Waals surface area contributed by atoms with Crippen LogP contribution in [-0.2, 0) is 13.0 Å². The lowest BCUT2D eigenvalue weighted by Crippen LogP contribution is -2.18. The molecule has 0 aliphatic heterocycles. The number of aryl methyl sites for hydroxylation is 1. The fraction of sp³-hybridized carbons (Fsp3) is 0.238. The maximum Gasteiger partial charge on any atom is 0.189 e. The number of hydrogen-bond donors (Lipinski definition) is 1. The minimum atomic E-state index is -0.119. The van der Waals surface area contributed by atoms with Crippen LogP contribution in [0.3, 0.4) is 0 Å². The van der Waals surface area contributed by atoms with Gasteiger partial charge in [-0.2, -0.15) is 0 Å². The van der Waals surface area contributed by atoms with Crippen molar-refractivity contribution in [1.29, 1.82) is 0 Å². The SMILES string of the molecule is Cc1cc(C(=O)Cc2cc(CNC(C)c3cccc(Cl)c3)ccc2Cl)no1. The van der Waals surface area contributed by atoms with Gasteiger partial charge in [-0.25, -0.2) is 0 Å². The number of hydrogen-bond acceptors (Lipinski definition) is 4. The van der Waals surface area contributed by atoms with Crippen LogP contribution in [-0.4, -0.2) is 10.9 Å². The number of nitrogens with one attached hydrogen (secondary N) is 1. The first kappa shape index (κ1) is 19.6. The Morgan fingerprint density at radius 2 is 2.00 bits per heavy atom. The molecule has 0 aliphatic rings. The van der Waals surface area contributed by atoms with Gasteiger partial charge < -0.3 is 9.84 Å². The summed E-state index contributed by atoms with van der Waals surface area (Å²) in [7, 11) is 0. The van der Waals surface area contributed by atoms with Crippen LogP contribution in [0, 0.1) is 6.92 Å². The molecule has 0 saturated heterocycles. The van der Waals surface area contributed by atoms with Gasteiger partial charge in [0.1, 0.15) is 11.5 Å². The molecule has 6 heteroatoms. The summed E-state index contributed by atoms with van der Waals surface area (Å²) in [6.07, 6.45) is 0.183. The Kier molecular flexibility index (Phi) is 6.32. The van der Waals surface area contributed by atoms with E-state index >= 15 is 0 Å². The first-order valence-corrected chi connectivity index (χ1v) is 9.40. The van der Waals surface area contributed by atoms with Crippen LogP contribution in [0.25, 0.3) is 0 Å². The second kappa shape index (κ2) is 8.70. The van der Waals surface area contributed by atoms with Crippen molar-refractivity contribution >= 4 is 29.0 Å². The zero-order chi connectivity index (χ0) is 19.4. The van der Waals surface area contributed by atoms with E-state index in [0.717, 1.165) is 21.7 Å². The van der Waals surface area contributed by atoms with Crippen LogP contribution < -0.4 is 5.32 Å². The smallest absolute Gasteiger partial charge is 0.189 e. The van der Waals surface area contributed by atoms with Gasteiger partial charge in [0.2, 0.25) is 0 Å². The largest absolute Gasteiger partial charge is 0.361 e. The minimum Gasteiger partial charge on any atom is -0.361 e. The molecule has 1 aromatic heterocycles. The lowest BCUT2D eigenvalue weighted by Gasteiger charge is -2.15. The predicted molar refractivity (Wildman–Crippen MR) is 107 cm³/mol. The number of carbonyl (C=O) groups is 1. The van der Waals surface area contributed by atoms with E-state index in [9.17, 15) is 4.79 Å². The zero-order valence-electron chi connectivity index (χ0n) is 15.1.